The molecular weight excluding hydrogens is 184 g/mol. The van der Waals surface area contributed by atoms with Crippen molar-refractivity contribution in [2.75, 3.05) is 0 Å². The molecule has 0 unspecified atom stereocenters. The number of hydrogen-bond donors (Lipinski definition) is 1. The second-order valence-electron chi connectivity index (χ2n) is 3.81. The lowest BCUT2D eigenvalue weighted by molar-refractivity contribution is 0.350. The maximum atomic E-state index is 5.97. The third-order valence-corrected chi connectivity index (χ3v) is 2.55. The van der Waals surface area contributed by atoms with Crippen molar-refractivity contribution < 1.29 is 0 Å². The Morgan fingerprint density at radius 3 is 2.67 bits per heavy atom. The van der Waals surface area contributed by atoms with Crippen LogP contribution in [0.25, 0.3) is 0 Å². The number of nitrogens with zero attached hydrogens (tertiary/aromatic N) is 1. The predicted molar refractivity (Wildman–Crippen MR) is 65.0 cm³/mol. The van der Waals surface area contributed by atoms with E-state index in [0.717, 1.165) is 18.7 Å². The fraction of sp³-hybridized carbons (Fsp3) is 0.385. The van der Waals surface area contributed by atoms with Crippen LogP contribution in [0.3, 0.4) is 0 Å². The van der Waals surface area contributed by atoms with Gasteiger partial charge in [0.2, 0.25) is 0 Å². The molecule has 15 heavy (non-hydrogen) atoms. The summed E-state index contributed by atoms with van der Waals surface area (Å²) in [6, 6.07) is 8.33. The van der Waals surface area contributed by atoms with Gasteiger partial charge in [0.1, 0.15) is 0 Å². The normalized spacial score (nSPS) is 11.6. The molecule has 2 N–H and O–H groups in total. The lowest BCUT2D eigenvalue weighted by Gasteiger charge is -2.20. The largest absolute Gasteiger partial charge is 0.311 e. The van der Waals surface area contributed by atoms with Gasteiger partial charge in [-0.15, -0.1) is 0 Å². The van der Waals surface area contributed by atoms with Crippen LogP contribution in [0.15, 0.2) is 36.0 Å². The Hall–Kier alpha value is -1.28. The van der Waals surface area contributed by atoms with Crippen LogP contribution in [0.2, 0.25) is 0 Å². The summed E-state index contributed by atoms with van der Waals surface area (Å²) in [5.41, 5.74) is 3.70. The number of nitrogens with two attached hydrogens (primary N) is 1. The van der Waals surface area contributed by atoms with Gasteiger partial charge in [-0.3, -0.25) is 0 Å². The molecule has 0 aliphatic heterocycles. The smallest absolute Gasteiger partial charge is 0.0591 e. The summed E-state index contributed by atoms with van der Waals surface area (Å²) in [5, 5.41) is 1.80. The molecule has 0 spiro atoms. The quantitative estimate of drug-likeness (QED) is 0.603. The molecule has 0 saturated heterocycles. The average molecular weight is 204 g/mol. The first-order valence-corrected chi connectivity index (χ1v) is 5.38. The van der Waals surface area contributed by atoms with Crippen LogP contribution in [-0.2, 0) is 6.54 Å². The number of benzene rings is 1. The highest BCUT2D eigenvalue weighted by molar-refractivity contribution is 5.25. The Morgan fingerprint density at radius 1 is 1.40 bits per heavy atom. The van der Waals surface area contributed by atoms with Gasteiger partial charge in [0.25, 0.3) is 0 Å². The molecule has 1 aromatic rings. The molecule has 0 aromatic heterocycles. The molecule has 1 rings (SSSR count). The van der Waals surface area contributed by atoms with Crippen LogP contribution in [-0.4, -0.2) is 5.01 Å². The molecule has 2 heteroatoms. The molecule has 0 aliphatic carbocycles. The fourth-order valence-electron chi connectivity index (χ4n) is 1.51. The van der Waals surface area contributed by atoms with E-state index in [9.17, 15) is 0 Å². The van der Waals surface area contributed by atoms with Crippen molar-refractivity contribution in [2.45, 2.75) is 33.7 Å². The van der Waals surface area contributed by atoms with Gasteiger partial charge in [0, 0.05) is 5.70 Å². The molecule has 0 amide bonds. The Morgan fingerprint density at radius 2 is 2.07 bits per heavy atom. The number of aryl methyl sites for hydroxylation is 1. The first-order chi connectivity index (χ1) is 7.15. The highest BCUT2D eigenvalue weighted by Crippen LogP contribution is 2.11. The molecule has 0 heterocycles. The lowest BCUT2D eigenvalue weighted by Crippen LogP contribution is -2.28. The maximum Gasteiger partial charge on any atom is 0.0591 e. The van der Waals surface area contributed by atoms with Gasteiger partial charge < -0.3 is 5.01 Å². The van der Waals surface area contributed by atoms with Crippen molar-refractivity contribution in [1.29, 1.82) is 0 Å². The van der Waals surface area contributed by atoms with Crippen LogP contribution in [0, 0.1) is 6.92 Å². The Kier molecular flexibility index (Phi) is 4.37. The zero-order chi connectivity index (χ0) is 11.3. The van der Waals surface area contributed by atoms with E-state index in [1.807, 2.05) is 6.92 Å². The molecule has 0 saturated carbocycles. The molecule has 0 bridgehead atoms. The van der Waals surface area contributed by atoms with E-state index in [4.69, 9.17) is 5.84 Å². The summed E-state index contributed by atoms with van der Waals surface area (Å²) < 4.78 is 0. The number of allylic oxidation sites excluding steroid dienone is 2. The van der Waals surface area contributed by atoms with Crippen LogP contribution < -0.4 is 5.84 Å². The van der Waals surface area contributed by atoms with E-state index in [0.29, 0.717) is 0 Å². The molecule has 0 radical (unpaired) electrons. The zero-order valence-electron chi connectivity index (χ0n) is 9.83. The van der Waals surface area contributed by atoms with E-state index in [1.54, 1.807) is 5.01 Å². The summed E-state index contributed by atoms with van der Waals surface area (Å²) in [6.07, 6.45) is 3.16. The van der Waals surface area contributed by atoms with Gasteiger partial charge in [-0.2, -0.15) is 0 Å². The Bertz CT molecular complexity index is 342. The monoisotopic (exact) mass is 204 g/mol. The SMILES string of the molecule is CC/C=C(/C)N(N)Cc1ccccc1C. The molecule has 82 valence electrons. The number of hydrogen-bond acceptors (Lipinski definition) is 2. The van der Waals surface area contributed by atoms with E-state index >= 15 is 0 Å². The molecule has 2 nitrogen and oxygen atoms in total. The van der Waals surface area contributed by atoms with E-state index in [2.05, 4.69) is 44.2 Å². The van der Waals surface area contributed by atoms with E-state index < -0.39 is 0 Å². The number of hydrazine groups is 1. The Balaban J connectivity index is 2.70. The predicted octanol–water partition coefficient (Wildman–Crippen LogP) is 2.98. The highest BCUT2D eigenvalue weighted by atomic mass is 15.4. The fourth-order valence-corrected chi connectivity index (χ4v) is 1.51. The Labute approximate surface area is 92.4 Å². The standard InChI is InChI=1S/C13H20N2/c1-4-7-12(3)15(14)10-13-9-6-5-8-11(13)2/h5-9H,4,10,14H2,1-3H3/b12-7-. The highest BCUT2D eigenvalue weighted by Gasteiger charge is 2.02. The lowest BCUT2D eigenvalue weighted by atomic mass is 10.1. The average Bonchev–Trinajstić information content (AvgIpc) is 2.21. The van der Waals surface area contributed by atoms with E-state index in [1.165, 1.54) is 11.1 Å². The van der Waals surface area contributed by atoms with Crippen molar-refractivity contribution in [3.05, 3.63) is 47.2 Å². The van der Waals surface area contributed by atoms with Crippen LogP contribution in [0.4, 0.5) is 0 Å². The topological polar surface area (TPSA) is 29.3 Å². The van der Waals surface area contributed by atoms with Crippen molar-refractivity contribution in [3.8, 4) is 0 Å². The second-order valence-corrected chi connectivity index (χ2v) is 3.81. The third-order valence-electron chi connectivity index (χ3n) is 2.55. The summed E-state index contributed by atoms with van der Waals surface area (Å²) in [5.74, 6) is 5.97. The van der Waals surface area contributed by atoms with Gasteiger partial charge in [0.05, 0.1) is 6.54 Å². The van der Waals surface area contributed by atoms with Gasteiger partial charge in [-0.25, -0.2) is 5.84 Å². The van der Waals surface area contributed by atoms with Crippen LogP contribution in [0.1, 0.15) is 31.4 Å². The molecular formula is C13H20N2. The summed E-state index contributed by atoms with van der Waals surface area (Å²) in [4.78, 5) is 0. The van der Waals surface area contributed by atoms with Crippen LogP contribution in [0.5, 0.6) is 0 Å². The maximum absolute atomic E-state index is 5.97. The van der Waals surface area contributed by atoms with Crippen molar-refractivity contribution in [1.82, 2.24) is 5.01 Å². The molecule has 1 aromatic carbocycles. The minimum atomic E-state index is 0.773. The van der Waals surface area contributed by atoms with E-state index in [-0.39, 0.29) is 0 Å². The number of rotatable bonds is 4. The first-order valence-electron chi connectivity index (χ1n) is 5.38. The third kappa shape index (κ3) is 3.40. The van der Waals surface area contributed by atoms with Crippen LogP contribution >= 0.6 is 0 Å². The minimum Gasteiger partial charge on any atom is -0.311 e. The van der Waals surface area contributed by atoms with Crippen molar-refractivity contribution in [3.63, 3.8) is 0 Å². The van der Waals surface area contributed by atoms with Gasteiger partial charge in [-0.1, -0.05) is 37.3 Å². The molecule has 0 fully saturated rings. The molecule has 0 atom stereocenters. The minimum absolute atomic E-state index is 0.773. The van der Waals surface area contributed by atoms with Gasteiger partial charge in [-0.05, 0) is 31.4 Å². The second kappa shape index (κ2) is 5.56. The van der Waals surface area contributed by atoms with Crippen molar-refractivity contribution >= 4 is 0 Å². The summed E-state index contributed by atoms with van der Waals surface area (Å²) in [7, 11) is 0. The zero-order valence-corrected chi connectivity index (χ0v) is 9.83. The van der Waals surface area contributed by atoms with Crippen molar-refractivity contribution in [2.24, 2.45) is 5.84 Å². The summed E-state index contributed by atoms with van der Waals surface area (Å²) in [6.45, 7) is 7.05. The van der Waals surface area contributed by atoms with Gasteiger partial charge in [0.15, 0.2) is 0 Å². The van der Waals surface area contributed by atoms with Gasteiger partial charge >= 0.3 is 0 Å². The first kappa shape index (κ1) is 11.8. The molecule has 0 aliphatic rings. The summed E-state index contributed by atoms with van der Waals surface area (Å²) >= 11 is 0.